The van der Waals surface area contributed by atoms with Crippen molar-refractivity contribution < 1.29 is 17.9 Å². The first kappa shape index (κ1) is 21.8. The van der Waals surface area contributed by atoms with Crippen molar-refractivity contribution >= 4 is 21.6 Å². The lowest BCUT2D eigenvalue weighted by Crippen LogP contribution is -2.43. The molecule has 7 nitrogen and oxygen atoms in total. The van der Waals surface area contributed by atoms with Crippen LogP contribution >= 0.6 is 0 Å². The average Bonchev–Trinajstić information content (AvgIpc) is 2.80. The molecule has 0 spiro atoms. The van der Waals surface area contributed by atoms with Crippen LogP contribution in [0.3, 0.4) is 0 Å². The van der Waals surface area contributed by atoms with Crippen molar-refractivity contribution in [2.45, 2.75) is 24.7 Å². The second-order valence-corrected chi connectivity index (χ2v) is 9.70. The van der Waals surface area contributed by atoms with Gasteiger partial charge < -0.3 is 10.1 Å². The Hall–Kier alpha value is -2.42. The lowest BCUT2D eigenvalue weighted by Gasteiger charge is -2.32. The number of benzene rings is 2. The van der Waals surface area contributed by atoms with Gasteiger partial charge in [0, 0.05) is 30.8 Å². The molecule has 1 amide bonds. The fourth-order valence-electron chi connectivity index (χ4n) is 4.11. The van der Waals surface area contributed by atoms with Crippen molar-refractivity contribution in [2.24, 2.45) is 0 Å². The molecule has 0 radical (unpaired) electrons. The topological polar surface area (TPSA) is 79.0 Å². The van der Waals surface area contributed by atoms with Crippen molar-refractivity contribution in [2.75, 3.05) is 50.2 Å². The van der Waals surface area contributed by atoms with E-state index < -0.39 is 10.0 Å². The Kier molecular flexibility index (Phi) is 6.60. The molecule has 31 heavy (non-hydrogen) atoms. The van der Waals surface area contributed by atoms with E-state index in [-0.39, 0.29) is 17.3 Å². The number of fused-ring (bicyclic) bond motifs is 3. The van der Waals surface area contributed by atoms with E-state index in [1.807, 2.05) is 30.3 Å². The van der Waals surface area contributed by atoms with Gasteiger partial charge in [-0.1, -0.05) is 31.2 Å². The zero-order chi connectivity index (χ0) is 21.8. The van der Waals surface area contributed by atoms with Crippen LogP contribution in [0.5, 0.6) is 0 Å². The first-order valence-electron chi connectivity index (χ1n) is 10.8. The smallest absolute Gasteiger partial charge is 0.265 e. The molecule has 0 unspecified atom stereocenters. The quantitative estimate of drug-likeness (QED) is 0.664. The molecule has 2 aliphatic rings. The first-order valence-corrected chi connectivity index (χ1v) is 12.3. The lowest BCUT2D eigenvalue weighted by atomic mass is 9.99. The molecule has 1 N–H and O–H groups in total. The SMILES string of the molecule is CCc1ccc2c(c1)-c1ccccc1S(=O)(=O)N2CC(=O)NCCCN1CCOCC1. The van der Waals surface area contributed by atoms with Crippen LogP contribution in [0, 0.1) is 0 Å². The summed E-state index contributed by atoms with van der Waals surface area (Å²) in [6, 6.07) is 12.8. The standard InChI is InChI=1S/C23H29N3O4S/c1-2-18-8-9-21-20(16-18)19-6-3-4-7-22(19)31(28,29)26(21)17-23(27)24-10-5-11-25-12-14-30-15-13-25/h3-4,6-9,16H,2,5,10-15,17H2,1H3,(H,24,27). The molecule has 1 saturated heterocycles. The number of ether oxygens (including phenoxy) is 1. The Balaban J connectivity index is 1.48. The van der Waals surface area contributed by atoms with Crippen molar-refractivity contribution in [3.8, 4) is 11.1 Å². The number of carbonyl (C=O) groups is 1. The van der Waals surface area contributed by atoms with E-state index >= 15 is 0 Å². The Labute approximate surface area is 184 Å². The zero-order valence-electron chi connectivity index (χ0n) is 17.8. The molecule has 2 aromatic rings. The van der Waals surface area contributed by atoms with Crippen molar-refractivity contribution in [1.29, 1.82) is 0 Å². The number of aryl methyl sites for hydroxylation is 1. The van der Waals surface area contributed by atoms with E-state index in [1.54, 1.807) is 12.1 Å². The van der Waals surface area contributed by atoms with Gasteiger partial charge in [0.2, 0.25) is 5.91 Å². The summed E-state index contributed by atoms with van der Waals surface area (Å²) in [5, 5.41) is 2.88. The van der Waals surface area contributed by atoms with Gasteiger partial charge in [0.1, 0.15) is 6.54 Å². The van der Waals surface area contributed by atoms with Crippen LogP contribution in [0.15, 0.2) is 47.4 Å². The van der Waals surface area contributed by atoms with Crippen molar-refractivity contribution in [1.82, 2.24) is 10.2 Å². The number of hydrogen-bond donors (Lipinski definition) is 1. The van der Waals surface area contributed by atoms with Gasteiger partial charge >= 0.3 is 0 Å². The largest absolute Gasteiger partial charge is 0.379 e. The summed E-state index contributed by atoms with van der Waals surface area (Å²) in [5.41, 5.74) is 3.22. The van der Waals surface area contributed by atoms with Gasteiger partial charge in [-0.2, -0.15) is 0 Å². The van der Waals surface area contributed by atoms with Crippen LogP contribution in [0.1, 0.15) is 18.9 Å². The van der Waals surface area contributed by atoms with Crippen molar-refractivity contribution in [3.63, 3.8) is 0 Å². The zero-order valence-corrected chi connectivity index (χ0v) is 18.7. The summed E-state index contributed by atoms with van der Waals surface area (Å²) >= 11 is 0. The minimum absolute atomic E-state index is 0.229. The van der Waals surface area contributed by atoms with E-state index in [2.05, 4.69) is 17.1 Å². The molecule has 166 valence electrons. The predicted octanol–water partition coefficient (Wildman–Crippen LogP) is 2.26. The average molecular weight is 444 g/mol. The van der Waals surface area contributed by atoms with Gasteiger partial charge in [0.05, 0.1) is 23.8 Å². The van der Waals surface area contributed by atoms with E-state index in [0.29, 0.717) is 17.8 Å². The Morgan fingerprint density at radius 3 is 2.65 bits per heavy atom. The second kappa shape index (κ2) is 9.38. The number of rotatable bonds is 7. The number of nitrogens with one attached hydrogen (secondary N) is 1. The van der Waals surface area contributed by atoms with Gasteiger partial charge in [-0.3, -0.25) is 14.0 Å². The highest BCUT2D eigenvalue weighted by Gasteiger charge is 2.35. The van der Waals surface area contributed by atoms with E-state index in [1.165, 1.54) is 4.31 Å². The monoisotopic (exact) mass is 443 g/mol. The van der Waals surface area contributed by atoms with Crippen molar-refractivity contribution in [3.05, 3.63) is 48.0 Å². The summed E-state index contributed by atoms with van der Waals surface area (Å²) in [4.78, 5) is 15.2. The van der Waals surface area contributed by atoms with Crippen LogP contribution in [0.25, 0.3) is 11.1 Å². The highest BCUT2D eigenvalue weighted by molar-refractivity contribution is 7.93. The molecule has 4 rings (SSSR count). The summed E-state index contributed by atoms with van der Waals surface area (Å²) in [6.45, 7) is 6.57. The highest BCUT2D eigenvalue weighted by Crippen LogP contribution is 2.43. The molecule has 2 heterocycles. The minimum atomic E-state index is -3.81. The summed E-state index contributed by atoms with van der Waals surface area (Å²) in [7, 11) is -3.81. The number of nitrogens with zero attached hydrogens (tertiary/aromatic N) is 2. The molecule has 2 aliphatic heterocycles. The first-order chi connectivity index (χ1) is 15.0. The number of hydrogen-bond acceptors (Lipinski definition) is 5. The molecule has 2 aromatic carbocycles. The molecule has 0 bridgehead atoms. The van der Waals surface area contributed by atoms with Gasteiger partial charge in [-0.05, 0) is 43.1 Å². The maximum absolute atomic E-state index is 13.3. The highest BCUT2D eigenvalue weighted by atomic mass is 32.2. The fourth-order valence-corrected chi connectivity index (χ4v) is 5.76. The maximum Gasteiger partial charge on any atom is 0.265 e. The summed E-state index contributed by atoms with van der Waals surface area (Å²) in [6.07, 6.45) is 1.67. The van der Waals surface area contributed by atoms with Crippen LogP contribution in [-0.4, -0.2) is 65.2 Å². The Morgan fingerprint density at radius 2 is 1.87 bits per heavy atom. The molecular weight excluding hydrogens is 414 g/mol. The minimum Gasteiger partial charge on any atom is -0.379 e. The van der Waals surface area contributed by atoms with Crippen LogP contribution in [-0.2, 0) is 26.0 Å². The number of sulfonamides is 1. The number of carbonyl (C=O) groups excluding carboxylic acids is 1. The second-order valence-electron chi connectivity index (χ2n) is 7.87. The third-order valence-electron chi connectivity index (χ3n) is 5.85. The third kappa shape index (κ3) is 4.61. The Bertz CT molecular complexity index is 1050. The molecule has 8 heteroatoms. The predicted molar refractivity (Wildman–Crippen MR) is 121 cm³/mol. The van der Waals surface area contributed by atoms with Crippen LogP contribution < -0.4 is 9.62 Å². The van der Waals surface area contributed by atoms with E-state index in [0.717, 1.165) is 56.8 Å². The van der Waals surface area contributed by atoms with Gasteiger partial charge in [-0.25, -0.2) is 8.42 Å². The van der Waals surface area contributed by atoms with E-state index in [9.17, 15) is 13.2 Å². The normalized spacial score (nSPS) is 17.6. The van der Waals surface area contributed by atoms with Crippen LogP contribution in [0.2, 0.25) is 0 Å². The molecule has 1 fully saturated rings. The fraction of sp³-hybridized carbons (Fsp3) is 0.435. The van der Waals surface area contributed by atoms with Gasteiger partial charge in [-0.15, -0.1) is 0 Å². The summed E-state index contributed by atoms with van der Waals surface area (Å²) in [5.74, 6) is -0.296. The molecular formula is C23H29N3O4S. The van der Waals surface area contributed by atoms with E-state index in [4.69, 9.17) is 4.74 Å². The van der Waals surface area contributed by atoms with Gasteiger partial charge in [0.25, 0.3) is 10.0 Å². The molecule has 0 atom stereocenters. The summed E-state index contributed by atoms with van der Waals surface area (Å²) < 4.78 is 33.2. The lowest BCUT2D eigenvalue weighted by molar-refractivity contribution is -0.119. The van der Waals surface area contributed by atoms with Gasteiger partial charge in [0.15, 0.2) is 0 Å². The Morgan fingerprint density at radius 1 is 1.10 bits per heavy atom. The third-order valence-corrected chi connectivity index (χ3v) is 7.67. The molecule has 0 aliphatic carbocycles. The molecule has 0 aromatic heterocycles. The number of amides is 1. The molecule has 0 saturated carbocycles. The number of morpholine rings is 1. The number of anilines is 1. The van der Waals surface area contributed by atoms with Crippen LogP contribution in [0.4, 0.5) is 5.69 Å². The maximum atomic E-state index is 13.3.